The van der Waals surface area contributed by atoms with E-state index >= 15 is 0 Å². The van der Waals surface area contributed by atoms with Gasteiger partial charge in [0.05, 0.1) is 12.2 Å². The highest BCUT2D eigenvalue weighted by Crippen LogP contribution is 2.57. The van der Waals surface area contributed by atoms with E-state index in [1.807, 2.05) is 38.1 Å². The van der Waals surface area contributed by atoms with E-state index in [1.165, 1.54) is 0 Å². The van der Waals surface area contributed by atoms with Crippen molar-refractivity contribution in [3.05, 3.63) is 29.8 Å². The van der Waals surface area contributed by atoms with E-state index in [4.69, 9.17) is 14.2 Å². The molecule has 2 aliphatic rings. The van der Waals surface area contributed by atoms with Crippen molar-refractivity contribution in [1.29, 1.82) is 0 Å². The molecular formula is C21H28O5. The number of fused-ring (bicyclic) bond motifs is 3. The molecule has 3 rings (SSSR count). The lowest BCUT2D eigenvalue weighted by Gasteiger charge is -2.40. The van der Waals surface area contributed by atoms with E-state index in [2.05, 4.69) is 0 Å². The van der Waals surface area contributed by atoms with Gasteiger partial charge in [-0.3, -0.25) is 4.79 Å². The molecule has 26 heavy (non-hydrogen) atoms. The first-order valence-electron chi connectivity index (χ1n) is 9.54. The van der Waals surface area contributed by atoms with E-state index in [1.54, 1.807) is 13.8 Å². The molecule has 142 valence electrons. The molecule has 1 fully saturated rings. The standard InChI is InChI=1S/C21H28O5/c1-14(2)24-18(22)20-12-8-5-9-13-21(20,19(23)25-15(3)4)26-17-11-7-6-10-16(17)20/h6-7,10-11,14-15H,5,8-9,12-13H2,1-4H3/t20-,21+/m0/s1. The van der Waals surface area contributed by atoms with Gasteiger partial charge in [0.1, 0.15) is 11.2 Å². The van der Waals surface area contributed by atoms with Crippen molar-refractivity contribution in [3.8, 4) is 5.75 Å². The molecule has 2 atom stereocenters. The Hall–Kier alpha value is -2.04. The zero-order chi connectivity index (χ0) is 18.9. The summed E-state index contributed by atoms with van der Waals surface area (Å²) < 4.78 is 17.5. The summed E-state index contributed by atoms with van der Waals surface area (Å²) in [6, 6.07) is 7.43. The van der Waals surface area contributed by atoms with Gasteiger partial charge >= 0.3 is 11.9 Å². The maximum Gasteiger partial charge on any atom is 0.352 e. The minimum atomic E-state index is -1.36. The van der Waals surface area contributed by atoms with Gasteiger partial charge in [-0.05, 0) is 53.0 Å². The molecule has 5 nitrogen and oxygen atoms in total. The first kappa shape index (κ1) is 18.7. The van der Waals surface area contributed by atoms with Crippen LogP contribution in [0.2, 0.25) is 0 Å². The first-order valence-corrected chi connectivity index (χ1v) is 9.54. The lowest BCUT2D eigenvalue weighted by molar-refractivity contribution is -0.183. The van der Waals surface area contributed by atoms with Gasteiger partial charge < -0.3 is 14.2 Å². The summed E-state index contributed by atoms with van der Waals surface area (Å²) in [5.41, 5.74) is -1.77. The third-order valence-corrected chi connectivity index (χ3v) is 5.26. The van der Waals surface area contributed by atoms with Crippen molar-refractivity contribution in [3.63, 3.8) is 0 Å². The molecule has 1 saturated carbocycles. The van der Waals surface area contributed by atoms with Crippen molar-refractivity contribution in [2.24, 2.45) is 0 Å². The van der Waals surface area contributed by atoms with E-state index in [0.717, 1.165) is 24.8 Å². The van der Waals surface area contributed by atoms with Crippen LogP contribution in [0, 0.1) is 0 Å². The summed E-state index contributed by atoms with van der Waals surface area (Å²) in [7, 11) is 0. The zero-order valence-electron chi connectivity index (χ0n) is 16.0. The van der Waals surface area contributed by atoms with Crippen LogP contribution in [0.4, 0.5) is 0 Å². The van der Waals surface area contributed by atoms with Gasteiger partial charge in [0, 0.05) is 5.56 Å². The van der Waals surface area contributed by atoms with Gasteiger partial charge in [0.15, 0.2) is 0 Å². The summed E-state index contributed by atoms with van der Waals surface area (Å²) in [6.07, 6.45) is 2.99. The Kier molecular flexibility index (Phi) is 5.00. The molecule has 0 radical (unpaired) electrons. The minimum absolute atomic E-state index is 0.272. The SMILES string of the molecule is CC(C)OC(=O)[C@]12CCCCC[C@@]1(C(=O)OC(C)C)c1ccccc1O2. The highest BCUT2D eigenvalue weighted by Gasteiger charge is 2.70. The first-order chi connectivity index (χ1) is 12.3. The monoisotopic (exact) mass is 360 g/mol. The Morgan fingerprint density at radius 1 is 0.923 bits per heavy atom. The summed E-state index contributed by atoms with van der Waals surface area (Å²) in [5, 5.41) is 0. The molecule has 0 unspecified atom stereocenters. The highest BCUT2D eigenvalue weighted by atomic mass is 16.6. The van der Waals surface area contributed by atoms with Crippen LogP contribution >= 0.6 is 0 Å². The molecule has 5 heteroatoms. The van der Waals surface area contributed by atoms with Crippen molar-refractivity contribution >= 4 is 11.9 Å². The molecule has 0 spiro atoms. The highest BCUT2D eigenvalue weighted by molar-refractivity contribution is 5.98. The van der Waals surface area contributed by atoms with Gasteiger partial charge in [-0.15, -0.1) is 0 Å². The van der Waals surface area contributed by atoms with Gasteiger partial charge in [-0.2, -0.15) is 0 Å². The molecule has 0 amide bonds. The number of ether oxygens (including phenoxy) is 3. The van der Waals surface area contributed by atoms with Crippen molar-refractivity contribution in [2.45, 2.75) is 83.0 Å². The quantitative estimate of drug-likeness (QED) is 0.762. The predicted molar refractivity (Wildman–Crippen MR) is 97.0 cm³/mol. The smallest absolute Gasteiger partial charge is 0.352 e. The molecule has 1 heterocycles. The third-order valence-electron chi connectivity index (χ3n) is 5.26. The van der Waals surface area contributed by atoms with Gasteiger partial charge in [0.2, 0.25) is 5.60 Å². The van der Waals surface area contributed by atoms with Crippen LogP contribution in [0.3, 0.4) is 0 Å². The van der Waals surface area contributed by atoms with Crippen molar-refractivity contribution < 1.29 is 23.8 Å². The number of hydrogen-bond donors (Lipinski definition) is 0. The fraction of sp³-hybridized carbons (Fsp3) is 0.619. The maximum atomic E-state index is 13.4. The topological polar surface area (TPSA) is 61.8 Å². The molecule has 1 aromatic carbocycles. The summed E-state index contributed by atoms with van der Waals surface area (Å²) in [5.74, 6) is -0.276. The fourth-order valence-electron chi connectivity index (χ4n) is 4.26. The Morgan fingerprint density at radius 3 is 2.23 bits per heavy atom. The van der Waals surface area contributed by atoms with E-state index in [0.29, 0.717) is 18.6 Å². The number of carbonyl (C=O) groups is 2. The van der Waals surface area contributed by atoms with Gasteiger partial charge in [0.25, 0.3) is 0 Å². The molecule has 1 aliphatic carbocycles. The molecule has 0 N–H and O–H groups in total. The lowest BCUT2D eigenvalue weighted by Crippen LogP contribution is -2.62. The number of benzene rings is 1. The molecule has 1 aliphatic heterocycles. The van der Waals surface area contributed by atoms with E-state index in [-0.39, 0.29) is 18.2 Å². The second-order valence-electron chi connectivity index (χ2n) is 7.80. The Balaban J connectivity index is 2.20. The zero-order valence-corrected chi connectivity index (χ0v) is 16.0. The van der Waals surface area contributed by atoms with E-state index in [9.17, 15) is 9.59 Å². The number of para-hydroxylation sites is 1. The Bertz CT molecular complexity index is 695. The molecule has 0 bridgehead atoms. The van der Waals surface area contributed by atoms with Crippen LogP contribution in [-0.2, 0) is 24.5 Å². The minimum Gasteiger partial charge on any atom is -0.474 e. The Morgan fingerprint density at radius 2 is 1.54 bits per heavy atom. The van der Waals surface area contributed by atoms with Crippen molar-refractivity contribution in [2.75, 3.05) is 0 Å². The fourth-order valence-corrected chi connectivity index (χ4v) is 4.26. The molecule has 1 aromatic rings. The second-order valence-corrected chi connectivity index (χ2v) is 7.80. The summed E-state index contributed by atoms with van der Waals surface area (Å²) in [6.45, 7) is 7.26. The summed E-state index contributed by atoms with van der Waals surface area (Å²) in [4.78, 5) is 26.7. The average molecular weight is 360 g/mol. The molecule has 0 saturated heterocycles. The predicted octanol–water partition coefficient (Wildman–Crippen LogP) is 3.92. The Labute approximate surface area is 155 Å². The van der Waals surface area contributed by atoms with Crippen LogP contribution in [-0.4, -0.2) is 29.7 Å². The van der Waals surface area contributed by atoms with Crippen LogP contribution in [0.25, 0.3) is 0 Å². The van der Waals surface area contributed by atoms with Gasteiger partial charge in [-0.25, -0.2) is 4.79 Å². The number of esters is 2. The van der Waals surface area contributed by atoms with Crippen molar-refractivity contribution in [1.82, 2.24) is 0 Å². The van der Waals surface area contributed by atoms with Crippen LogP contribution < -0.4 is 4.74 Å². The number of hydrogen-bond acceptors (Lipinski definition) is 5. The van der Waals surface area contributed by atoms with Crippen LogP contribution in [0.5, 0.6) is 5.75 Å². The lowest BCUT2D eigenvalue weighted by atomic mass is 9.65. The van der Waals surface area contributed by atoms with Crippen LogP contribution in [0.1, 0.15) is 65.4 Å². The number of carbonyl (C=O) groups excluding carboxylic acids is 2. The molecular weight excluding hydrogens is 332 g/mol. The largest absolute Gasteiger partial charge is 0.474 e. The average Bonchev–Trinajstić information content (AvgIpc) is 2.71. The van der Waals surface area contributed by atoms with Crippen LogP contribution in [0.15, 0.2) is 24.3 Å². The van der Waals surface area contributed by atoms with E-state index < -0.39 is 17.0 Å². The van der Waals surface area contributed by atoms with Gasteiger partial charge in [-0.1, -0.05) is 31.0 Å². The third kappa shape index (κ3) is 2.78. The maximum absolute atomic E-state index is 13.4. The second kappa shape index (κ2) is 6.93. The summed E-state index contributed by atoms with van der Waals surface area (Å²) >= 11 is 0. The number of rotatable bonds is 4. The normalized spacial score (nSPS) is 27.3. The molecule has 0 aromatic heterocycles.